The molecule has 2 spiro atoms. The van der Waals surface area contributed by atoms with Crippen LogP contribution in [0, 0.1) is 23.2 Å². The van der Waals surface area contributed by atoms with Crippen molar-refractivity contribution in [3.8, 4) is 0 Å². The van der Waals surface area contributed by atoms with Gasteiger partial charge < -0.3 is 24.4 Å². The molecule has 0 aromatic carbocycles. The van der Waals surface area contributed by atoms with Gasteiger partial charge in [0, 0.05) is 16.9 Å². The number of epoxide rings is 2. The molecule has 3 aliphatic heterocycles. The lowest BCUT2D eigenvalue weighted by atomic mass is 9.46. The van der Waals surface area contributed by atoms with Gasteiger partial charge in [-0.1, -0.05) is 20.8 Å². The normalized spacial score (nSPS) is 59.1. The molecule has 142 valence electrons. The zero-order valence-electron chi connectivity index (χ0n) is 15.4. The number of hydrogen-bond donors (Lipinski definition) is 2. The van der Waals surface area contributed by atoms with Gasteiger partial charge in [0.15, 0.2) is 5.60 Å². The first-order chi connectivity index (χ1) is 12.3. The monoisotopic (exact) mass is 362 g/mol. The van der Waals surface area contributed by atoms with Crippen LogP contribution in [0.15, 0.2) is 11.1 Å². The summed E-state index contributed by atoms with van der Waals surface area (Å²) in [6, 6.07) is 0. The van der Waals surface area contributed by atoms with Gasteiger partial charge in [-0.3, -0.25) is 0 Å². The molecule has 2 saturated heterocycles. The van der Waals surface area contributed by atoms with E-state index < -0.39 is 23.4 Å². The molecule has 0 bridgehead atoms. The number of hydrogen-bond acceptors (Lipinski definition) is 6. The van der Waals surface area contributed by atoms with E-state index in [1.54, 1.807) is 0 Å². The summed E-state index contributed by atoms with van der Waals surface area (Å²) >= 11 is 0. The van der Waals surface area contributed by atoms with Crippen LogP contribution in [0.3, 0.4) is 0 Å². The summed E-state index contributed by atoms with van der Waals surface area (Å²) < 4.78 is 17.9. The predicted octanol–water partition coefficient (Wildman–Crippen LogP) is 0.943. The summed E-state index contributed by atoms with van der Waals surface area (Å²) in [6.07, 6.45) is 0.490. The number of aliphatic hydroxyl groups is 2. The number of esters is 1. The number of carbonyl (C=O) groups excluding carboxylic acids is 1. The van der Waals surface area contributed by atoms with Gasteiger partial charge >= 0.3 is 5.97 Å². The standard InChI is InChI=1S/C20H26O6/c1-8(2)13-14(21)16-20(26-16)18(3)5-4-9-10(7-24-17(9)23)11(18)6-12-19(20,25-12)15(13)22/h8,11-16,21-22H,4-7H2,1-3H3/t11-,12?,13?,14+,15?,16?,18-,19?,20+/m0/s1. The third kappa shape index (κ3) is 1.38. The SMILES string of the molecule is CC(C)C1C(O)C23OC2C[C@H]2C4=C(CC[C@]2(C)[C@@]32OC2[C@@H]1O)C(=O)OC4. The lowest BCUT2D eigenvalue weighted by molar-refractivity contribution is -0.136. The molecule has 0 aromatic heterocycles. The molecule has 0 radical (unpaired) electrons. The molecular weight excluding hydrogens is 336 g/mol. The molecule has 3 heterocycles. The second-order valence-electron chi connectivity index (χ2n) is 9.72. The maximum absolute atomic E-state index is 12.1. The fourth-order valence-corrected chi connectivity index (χ4v) is 7.39. The zero-order valence-corrected chi connectivity index (χ0v) is 15.4. The highest BCUT2D eigenvalue weighted by atomic mass is 16.7. The van der Waals surface area contributed by atoms with Crippen molar-refractivity contribution in [2.24, 2.45) is 23.2 Å². The summed E-state index contributed by atoms with van der Waals surface area (Å²) in [4.78, 5) is 12.1. The molecular formula is C20H26O6. The molecule has 5 unspecified atom stereocenters. The van der Waals surface area contributed by atoms with Crippen molar-refractivity contribution < 1.29 is 29.2 Å². The first-order valence-corrected chi connectivity index (χ1v) is 9.90. The maximum Gasteiger partial charge on any atom is 0.334 e. The van der Waals surface area contributed by atoms with E-state index >= 15 is 0 Å². The van der Waals surface area contributed by atoms with Crippen LogP contribution in [0.4, 0.5) is 0 Å². The lowest BCUT2D eigenvalue weighted by Gasteiger charge is -2.54. The van der Waals surface area contributed by atoms with Crippen LogP contribution in [0.5, 0.6) is 0 Å². The Hall–Kier alpha value is -0.950. The van der Waals surface area contributed by atoms with Gasteiger partial charge in [-0.2, -0.15) is 0 Å². The molecule has 6 aliphatic rings. The van der Waals surface area contributed by atoms with E-state index in [0.717, 1.165) is 24.0 Å². The minimum Gasteiger partial charge on any atom is -0.458 e. The van der Waals surface area contributed by atoms with E-state index in [0.29, 0.717) is 13.0 Å². The van der Waals surface area contributed by atoms with E-state index in [1.807, 2.05) is 13.8 Å². The molecule has 9 atom stereocenters. The van der Waals surface area contributed by atoms with Crippen molar-refractivity contribution in [3.63, 3.8) is 0 Å². The van der Waals surface area contributed by atoms with E-state index in [9.17, 15) is 15.0 Å². The average molecular weight is 362 g/mol. The number of carbonyl (C=O) groups is 1. The Labute approximate surface area is 152 Å². The summed E-state index contributed by atoms with van der Waals surface area (Å²) in [5, 5.41) is 22.3. The highest BCUT2D eigenvalue weighted by molar-refractivity contribution is 5.92. The van der Waals surface area contributed by atoms with E-state index in [-0.39, 0.29) is 41.3 Å². The van der Waals surface area contributed by atoms with Crippen molar-refractivity contribution in [1.82, 2.24) is 0 Å². The van der Waals surface area contributed by atoms with Crippen molar-refractivity contribution in [3.05, 3.63) is 11.1 Å². The summed E-state index contributed by atoms with van der Waals surface area (Å²) in [6.45, 7) is 6.65. The van der Waals surface area contributed by atoms with Gasteiger partial charge in [-0.25, -0.2) is 4.79 Å². The van der Waals surface area contributed by atoms with Crippen molar-refractivity contribution in [2.75, 3.05) is 6.61 Å². The Morgan fingerprint density at radius 2 is 2.00 bits per heavy atom. The molecule has 26 heavy (non-hydrogen) atoms. The number of fused-ring (bicyclic) bond motifs is 2. The van der Waals surface area contributed by atoms with Crippen LogP contribution < -0.4 is 0 Å². The van der Waals surface area contributed by atoms with Gasteiger partial charge in [-0.05, 0) is 36.7 Å². The Bertz CT molecular complexity index is 759. The average Bonchev–Trinajstić information content (AvgIpc) is 3.45. The topological polar surface area (TPSA) is 91.8 Å². The lowest BCUT2D eigenvalue weighted by Crippen LogP contribution is -2.69. The van der Waals surface area contributed by atoms with Crippen LogP contribution in [-0.4, -0.2) is 58.4 Å². The maximum atomic E-state index is 12.1. The fourth-order valence-electron chi connectivity index (χ4n) is 7.39. The highest BCUT2D eigenvalue weighted by Crippen LogP contribution is 2.79. The Balaban J connectivity index is 1.48. The molecule has 4 fully saturated rings. The predicted molar refractivity (Wildman–Crippen MR) is 89.0 cm³/mol. The molecule has 6 rings (SSSR count). The molecule has 3 aliphatic carbocycles. The smallest absolute Gasteiger partial charge is 0.334 e. The van der Waals surface area contributed by atoms with E-state index in [1.165, 1.54) is 0 Å². The Morgan fingerprint density at radius 1 is 1.23 bits per heavy atom. The van der Waals surface area contributed by atoms with Gasteiger partial charge in [0.25, 0.3) is 0 Å². The molecule has 2 saturated carbocycles. The van der Waals surface area contributed by atoms with Crippen LogP contribution in [0.1, 0.15) is 40.0 Å². The van der Waals surface area contributed by atoms with Crippen molar-refractivity contribution >= 4 is 5.97 Å². The van der Waals surface area contributed by atoms with Gasteiger partial charge in [0.2, 0.25) is 0 Å². The largest absolute Gasteiger partial charge is 0.458 e. The number of ether oxygens (including phenoxy) is 3. The van der Waals surface area contributed by atoms with Gasteiger partial charge in [0.1, 0.15) is 18.3 Å². The number of rotatable bonds is 1. The van der Waals surface area contributed by atoms with Crippen molar-refractivity contribution in [2.45, 2.75) is 75.7 Å². The molecule has 2 N–H and O–H groups in total. The highest BCUT2D eigenvalue weighted by Gasteiger charge is 2.94. The Kier molecular flexibility index (Phi) is 2.70. The first kappa shape index (κ1) is 16.0. The first-order valence-electron chi connectivity index (χ1n) is 9.90. The molecule has 0 amide bonds. The third-order valence-electron chi connectivity index (χ3n) is 8.65. The van der Waals surface area contributed by atoms with Crippen LogP contribution in [0.25, 0.3) is 0 Å². The fraction of sp³-hybridized carbons (Fsp3) is 0.850. The number of aliphatic hydroxyl groups excluding tert-OH is 2. The molecule has 6 nitrogen and oxygen atoms in total. The van der Waals surface area contributed by atoms with Crippen molar-refractivity contribution in [1.29, 1.82) is 0 Å². The van der Waals surface area contributed by atoms with Gasteiger partial charge in [-0.15, -0.1) is 0 Å². The minimum absolute atomic E-state index is 0.0723. The van der Waals surface area contributed by atoms with Crippen LogP contribution >= 0.6 is 0 Å². The van der Waals surface area contributed by atoms with Gasteiger partial charge in [0.05, 0.1) is 18.3 Å². The zero-order chi connectivity index (χ0) is 18.2. The quantitative estimate of drug-likeness (QED) is 0.533. The minimum atomic E-state index is -0.726. The van der Waals surface area contributed by atoms with E-state index in [2.05, 4.69) is 6.92 Å². The summed E-state index contributed by atoms with van der Waals surface area (Å²) in [5.74, 6) is -0.118. The second-order valence-corrected chi connectivity index (χ2v) is 9.72. The number of cyclic esters (lactones) is 1. The molecule has 0 aromatic rings. The summed E-state index contributed by atoms with van der Waals surface area (Å²) in [5.41, 5.74) is 0.333. The van der Waals surface area contributed by atoms with Crippen LogP contribution in [-0.2, 0) is 19.0 Å². The second kappa shape index (κ2) is 4.37. The summed E-state index contributed by atoms with van der Waals surface area (Å²) in [7, 11) is 0. The third-order valence-corrected chi connectivity index (χ3v) is 8.65. The Morgan fingerprint density at radius 3 is 2.73 bits per heavy atom. The molecule has 6 heteroatoms. The van der Waals surface area contributed by atoms with Crippen LogP contribution in [0.2, 0.25) is 0 Å². The van der Waals surface area contributed by atoms with E-state index in [4.69, 9.17) is 14.2 Å².